The van der Waals surface area contributed by atoms with Crippen LogP contribution in [0, 0.1) is 5.41 Å². The standard InChI is InChI=1S/C27H54N6O2S/c1-27(15-9-7-5-4-6-8-10-16-27)17-11-12-18-31-24(34)22-36-21-20-32-25(35)23(28)14-13-19-33-26(29-2)30-3/h23H,4-22,28H2,1-3H3,(H,31,34)(H,32,35)(H2,29,30,33). The Labute approximate surface area is 224 Å². The van der Waals surface area contributed by atoms with Gasteiger partial charge in [-0.05, 0) is 43.9 Å². The van der Waals surface area contributed by atoms with Crippen LogP contribution in [0.5, 0.6) is 0 Å². The molecule has 0 bridgehead atoms. The second kappa shape index (κ2) is 20.6. The second-order valence-corrected chi connectivity index (χ2v) is 11.5. The zero-order valence-electron chi connectivity index (χ0n) is 23.3. The summed E-state index contributed by atoms with van der Waals surface area (Å²) in [5, 5.41) is 12.0. The summed E-state index contributed by atoms with van der Waals surface area (Å²) in [5.41, 5.74) is 6.46. The Morgan fingerprint density at radius 3 is 2.19 bits per heavy atom. The molecule has 0 aromatic carbocycles. The predicted octanol–water partition coefficient (Wildman–Crippen LogP) is 3.56. The summed E-state index contributed by atoms with van der Waals surface area (Å²) in [4.78, 5) is 28.3. The highest BCUT2D eigenvalue weighted by atomic mass is 32.2. The van der Waals surface area contributed by atoms with Gasteiger partial charge >= 0.3 is 0 Å². The van der Waals surface area contributed by atoms with Gasteiger partial charge in [0.25, 0.3) is 0 Å². The summed E-state index contributed by atoms with van der Waals surface area (Å²) >= 11 is 1.54. The van der Waals surface area contributed by atoms with Crippen LogP contribution in [0.4, 0.5) is 0 Å². The lowest BCUT2D eigenvalue weighted by Gasteiger charge is -2.31. The van der Waals surface area contributed by atoms with E-state index in [1.54, 1.807) is 25.9 Å². The van der Waals surface area contributed by atoms with Gasteiger partial charge in [-0.2, -0.15) is 11.8 Å². The van der Waals surface area contributed by atoms with Crippen molar-refractivity contribution in [2.75, 3.05) is 45.2 Å². The van der Waals surface area contributed by atoms with Crippen LogP contribution in [0.15, 0.2) is 4.99 Å². The largest absolute Gasteiger partial charge is 0.359 e. The van der Waals surface area contributed by atoms with Gasteiger partial charge in [0.2, 0.25) is 11.8 Å². The van der Waals surface area contributed by atoms with E-state index in [0.717, 1.165) is 25.3 Å². The number of hydrogen-bond acceptors (Lipinski definition) is 5. The topological polar surface area (TPSA) is 121 Å². The number of thioether (sulfide) groups is 1. The molecule has 1 atom stereocenters. The Bertz CT molecular complexity index is 621. The molecule has 0 heterocycles. The van der Waals surface area contributed by atoms with Crippen molar-refractivity contribution in [1.29, 1.82) is 0 Å². The number of aliphatic imine (C=N–C) groups is 1. The fourth-order valence-electron chi connectivity index (χ4n) is 4.80. The van der Waals surface area contributed by atoms with Gasteiger partial charge in [-0.3, -0.25) is 14.6 Å². The van der Waals surface area contributed by atoms with Crippen LogP contribution in [-0.4, -0.2) is 69.1 Å². The lowest BCUT2D eigenvalue weighted by Crippen LogP contribution is -2.42. The fraction of sp³-hybridized carbons (Fsp3) is 0.889. The summed E-state index contributed by atoms with van der Waals surface area (Å²) in [6.07, 6.45) is 17.4. The number of guanidine groups is 1. The smallest absolute Gasteiger partial charge is 0.236 e. The van der Waals surface area contributed by atoms with E-state index in [9.17, 15) is 9.59 Å². The van der Waals surface area contributed by atoms with Gasteiger partial charge in [-0.25, -0.2) is 0 Å². The Balaban J connectivity index is 2.03. The van der Waals surface area contributed by atoms with Crippen LogP contribution in [0.1, 0.15) is 96.8 Å². The zero-order chi connectivity index (χ0) is 26.5. The summed E-state index contributed by atoms with van der Waals surface area (Å²) in [6.45, 7) is 4.47. The van der Waals surface area contributed by atoms with Crippen LogP contribution in [0.3, 0.4) is 0 Å². The monoisotopic (exact) mass is 526 g/mol. The Morgan fingerprint density at radius 2 is 1.56 bits per heavy atom. The molecule has 1 aliphatic carbocycles. The van der Waals surface area contributed by atoms with Crippen molar-refractivity contribution in [3.8, 4) is 0 Å². The first-order valence-corrected chi connectivity index (χ1v) is 15.3. The molecule has 8 nitrogen and oxygen atoms in total. The zero-order valence-corrected chi connectivity index (χ0v) is 24.1. The van der Waals surface area contributed by atoms with Crippen molar-refractivity contribution in [3.05, 3.63) is 0 Å². The lowest BCUT2D eigenvalue weighted by molar-refractivity contribution is -0.122. The lowest BCUT2D eigenvalue weighted by atomic mass is 9.75. The van der Waals surface area contributed by atoms with Gasteiger partial charge in [0.05, 0.1) is 11.8 Å². The fourth-order valence-corrected chi connectivity index (χ4v) is 5.48. The average molecular weight is 527 g/mol. The first kappa shape index (κ1) is 32.5. The molecule has 2 amide bonds. The molecule has 0 saturated heterocycles. The van der Waals surface area contributed by atoms with E-state index in [0.29, 0.717) is 36.4 Å². The number of carbonyl (C=O) groups excluding carboxylic acids is 2. The van der Waals surface area contributed by atoms with Gasteiger partial charge in [-0.15, -0.1) is 0 Å². The summed E-state index contributed by atoms with van der Waals surface area (Å²) in [5.74, 6) is 1.79. The number of rotatable bonds is 15. The first-order chi connectivity index (χ1) is 17.4. The highest BCUT2D eigenvalue weighted by Gasteiger charge is 2.23. The number of nitrogens with zero attached hydrogens (tertiary/aromatic N) is 1. The van der Waals surface area contributed by atoms with E-state index < -0.39 is 6.04 Å². The molecule has 0 aromatic rings. The van der Waals surface area contributed by atoms with E-state index in [1.165, 1.54) is 70.6 Å². The average Bonchev–Trinajstić information content (AvgIpc) is 2.87. The Morgan fingerprint density at radius 1 is 0.917 bits per heavy atom. The third kappa shape index (κ3) is 16.3. The Hall–Kier alpha value is -1.48. The molecule has 6 N–H and O–H groups in total. The number of nitrogens with one attached hydrogen (secondary N) is 4. The number of nitrogens with two attached hydrogens (primary N) is 1. The molecule has 0 radical (unpaired) electrons. The Kier molecular flexibility index (Phi) is 18.6. The van der Waals surface area contributed by atoms with Crippen molar-refractivity contribution in [1.82, 2.24) is 21.3 Å². The van der Waals surface area contributed by atoms with Gasteiger partial charge in [0.15, 0.2) is 5.96 Å². The van der Waals surface area contributed by atoms with Crippen LogP contribution in [-0.2, 0) is 9.59 Å². The van der Waals surface area contributed by atoms with Crippen LogP contribution in [0.2, 0.25) is 0 Å². The third-order valence-corrected chi connectivity index (χ3v) is 8.11. The maximum absolute atomic E-state index is 12.1. The molecule has 0 aliphatic heterocycles. The molecule has 1 aliphatic rings. The highest BCUT2D eigenvalue weighted by Crippen LogP contribution is 2.37. The molecular weight excluding hydrogens is 472 g/mol. The summed E-state index contributed by atoms with van der Waals surface area (Å²) < 4.78 is 0. The van der Waals surface area contributed by atoms with Gasteiger partial charge < -0.3 is 27.0 Å². The van der Waals surface area contributed by atoms with Gasteiger partial charge in [-0.1, -0.05) is 58.3 Å². The van der Waals surface area contributed by atoms with E-state index >= 15 is 0 Å². The van der Waals surface area contributed by atoms with E-state index in [2.05, 4.69) is 33.2 Å². The molecule has 1 unspecified atom stereocenters. The molecule has 1 fully saturated rings. The normalized spacial score (nSPS) is 17.6. The number of hydrogen-bond donors (Lipinski definition) is 5. The minimum absolute atomic E-state index is 0.0805. The van der Waals surface area contributed by atoms with E-state index in [4.69, 9.17) is 5.73 Å². The molecule has 36 heavy (non-hydrogen) atoms. The SMILES string of the molecule is CN=C(NC)NCCCC(N)C(=O)NCCSCC(=O)NCCCCC1(C)CCCCCCCCC1. The number of unbranched alkanes of at least 4 members (excludes halogenated alkanes) is 1. The van der Waals surface area contributed by atoms with Gasteiger partial charge in [0.1, 0.15) is 0 Å². The van der Waals surface area contributed by atoms with Crippen molar-refractivity contribution >= 4 is 29.5 Å². The summed E-state index contributed by atoms with van der Waals surface area (Å²) in [7, 11) is 3.51. The molecule has 1 rings (SSSR count). The van der Waals surface area contributed by atoms with Crippen molar-refractivity contribution in [3.63, 3.8) is 0 Å². The van der Waals surface area contributed by atoms with E-state index in [-0.39, 0.29) is 11.8 Å². The second-order valence-electron chi connectivity index (χ2n) is 10.4. The maximum atomic E-state index is 12.1. The molecular formula is C27H54N6O2S. The molecule has 0 spiro atoms. The van der Waals surface area contributed by atoms with Crippen LogP contribution >= 0.6 is 11.8 Å². The predicted molar refractivity (Wildman–Crippen MR) is 154 cm³/mol. The minimum Gasteiger partial charge on any atom is -0.359 e. The number of amides is 2. The van der Waals surface area contributed by atoms with Crippen molar-refractivity contribution in [2.24, 2.45) is 16.1 Å². The third-order valence-electron chi connectivity index (χ3n) is 7.15. The van der Waals surface area contributed by atoms with Crippen molar-refractivity contribution < 1.29 is 9.59 Å². The van der Waals surface area contributed by atoms with Crippen molar-refractivity contribution in [2.45, 2.75) is 103 Å². The maximum Gasteiger partial charge on any atom is 0.236 e. The minimum atomic E-state index is -0.518. The quantitative estimate of drug-likeness (QED) is 0.126. The van der Waals surface area contributed by atoms with Crippen LogP contribution < -0.4 is 27.0 Å². The molecule has 9 heteroatoms. The highest BCUT2D eigenvalue weighted by molar-refractivity contribution is 7.99. The van der Waals surface area contributed by atoms with Gasteiger partial charge in [0, 0.05) is 39.5 Å². The molecule has 1 saturated carbocycles. The number of carbonyl (C=O) groups is 2. The molecule has 0 aromatic heterocycles. The van der Waals surface area contributed by atoms with E-state index in [1.807, 2.05) is 0 Å². The first-order valence-electron chi connectivity index (χ1n) is 14.2. The molecule has 210 valence electrons. The summed E-state index contributed by atoms with van der Waals surface area (Å²) in [6, 6.07) is -0.518. The van der Waals surface area contributed by atoms with Crippen LogP contribution in [0.25, 0.3) is 0 Å².